The second-order valence-electron chi connectivity index (χ2n) is 8.30. The quantitative estimate of drug-likeness (QED) is 0.780. The van der Waals surface area contributed by atoms with E-state index in [1.165, 1.54) is 5.56 Å². The summed E-state index contributed by atoms with van der Waals surface area (Å²) in [5, 5.41) is 8.88. The van der Waals surface area contributed by atoms with Crippen LogP contribution in [0.15, 0.2) is 42.5 Å². The Morgan fingerprint density at radius 1 is 1.21 bits per heavy atom. The van der Waals surface area contributed by atoms with Crippen LogP contribution < -0.4 is 10.5 Å². The van der Waals surface area contributed by atoms with Crippen molar-refractivity contribution in [2.45, 2.75) is 55.2 Å². The molecule has 0 amide bonds. The topological polar surface area (TPSA) is 72.2 Å². The lowest BCUT2D eigenvalue weighted by Crippen LogP contribution is -2.50. The molecule has 0 aliphatic heterocycles. The van der Waals surface area contributed by atoms with Gasteiger partial charge in [0.25, 0.3) is 0 Å². The van der Waals surface area contributed by atoms with Gasteiger partial charge in [-0.25, -0.2) is 17.9 Å². The number of likely N-dealkylation sites (N-methyl/N-ethyl adjacent to an activating group) is 1. The van der Waals surface area contributed by atoms with Crippen LogP contribution in [0, 0.1) is 5.82 Å². The highest BCUT2D eigenvalue weighted by Crippen LogP contribution is 2.43. The molecule has 1 fully saturated rings. The third-order valence-corrected chi connectivity index (χ3v) is 8.44. The van der Waals surface area contributed by atoms with Crippen molar-refractivity contribution < 1.29 is 12.8 Å². The van der Waals surface area contributed by atoms with Crippen molar-refractivity contribution in [1.82, 2.24) is 5.32 Å². The molecular formula is C22H27FN2O2S. The molecule has 6 heteroatoms. The molecule has 1 saturated carbocycles. The van der Waals surface area contributed by atoms with E-state index in [2.05, 4.69) is 17.4 Å². The second-order valence-corrected chi connectivity index (χ2v) is 10.3. The van der Waals surface area contributed by atoms with Crippen molar-refractivity contribution in [3.63, 3.8) is 0 Å². The number of halogens is 1. The van der Waals surface area contributed by atoms with Gasteiger partial charge in [-0.3, -0.25) is 0 Å². The molecule has 0 bridgehead atoms. The van der Waals surface area contributed by atoms with Gasteiger partial charge in [-0.15, -0.1) is 0 Å². The van der Waals surface area contributed by atoms with Crippen molar-refractivity contribution in [2.24, 2.45) is 5.14 Å². The third-order valence-electron chi connectivity index (χ3n) is 6.68. The number of nitrogens with one attached hydrogen (secondary N) is 1. The average molecular weight is 403 g/mol. The number of primary sulfonamides is 1. The van der Waals surface area contributed by atoms with Gasteiger partial charge in [-0.05, 0) is 67.5 Å². The van der Waals surface area contributed by atoms with Crippen LogP contribution in [0.1, 0.15) is 47.4 Å². The lowest BCUT2D eigenvalue weighted by Gasteiger charge is -2.39. The SMILES string of the molecule is CNC1Cc2cc(F)c(CC3(S(N)(=O)=O)CCC3)cc2C1Cc1ccccc1. The molecule has 0 radical (unpaired) electrons. The highest BCUT2D eigenvalue weighted by atomic mass is 32.2. The molecule has 2 aliphatic carbocycles. The van der Waals surface area contributed by atoms with E-state index < -0.39 is 14.8 Å². The summed E-state index contributed by atoms with van der Waals surface area (Å²) >= 11 is 0. The lowest BCUT2D eigenvalue weighted by atomic mass is 9.79. The first-order chi connectivity index (χ1) is 13.3. The van der Waals surface area contributed by atoms with Crippen LogP contribution in [0.4, 0.5) is 4.39 Å². The van der Waals surface area contributed by atoms with Crippen molar-refractivity contribution in [1.29, 1.82) is 0 Å². The van der Waals surface area contributed by atoms with Gasteiger partial charge < -0.3 is 5.32 Å². The fourth-order valence-corrected chi connectivity index (χ4v) is 6.05. The summed E-state index contributed by atoms with van der Waals surface area (Å²) in [6, 6.07) is 14.0. The minimum atomic E-state index is -3.71. The minimum Gasteiger partial charge on any atom is -0.316 e. The van der Waals surface area contributed by atoms with Crippen molar-refractivity contribution >= 4 is 10.0 Å². The Labute approximate surface area is 166 Å². The summed E-state index contributed by atoms with van der Waals surface area (Å²) in [7, 11) is -1.77. The van der Waals surface area contributed by atoms with Gasteiger partial charge in [0.15, 0.2) is 0 Å². The van der Waals surface area contributed by atoms with Crippen LogP contribution in [-0.4, -0.2) is 26.3 Å². The van der Waals surface area contributed by atoms with Crippen LogP contribution >= 0.6 is 0 Å². The number of benzene rings is 2. The lowest BCUT2D eigenvalue weighted by molar-refractivity contribution is 0.331. The van der Waals surface area contributed by atoms with E-state index in [-0.39, 0.29) is 24.2 Å². The summed E-state index contributed by atoms with van der Waals surface area (Å²) in [6.45, 7) is 0. The smallest absolute Gasteiger partial charge is 0.215 e. The van der Waals surface area contributed by atoms with E-state index in [0.717, 1.165) is 30.4 Å². The molecule has 0 saturated heterocycles. The summed E-state index contributed by atoms with van der Waals surface area (Å²) in [6.07, 6.45) is 3.64. The summed E-state index contributed by atoms with van der Waals surface area (Å²) in [5.41, 5.74) is 3.86. The van der Waals surface area contributed by atoms with Gasteiger partial charge in [0.05, 0.1) is 4.75 Å². The maximum atomic E-state index is 14.9. The number of hydrogen-bond donors (Lipinski definition) is 2. The molecule has 0 heterocycles. The minimum absolute atomic E-state index is 0.160. The molecule has 0 aromatic heterocycles. The summed E-state index contributed by atoms with van der Waals surface area (Å²) < 4.78 is 38.1. The van der Waals surface area contributed by atoms with Gasteiger partial charge in [0.2, 0.25) is 10.0 Å². The van der Waals surface area contributed by atoms with E-state index in [0.29, 0.717) is 18.4 Å². The fourth-order valence-electron chi connectivity index (χ4n) is 4.84. The van der Waals surface area contributed by atoms with Crippen LogP contribution in [0.5, 0.6) is 0 Å². The van der Waals surface area contributed by atoms with Crippen LogP contribution in [0.25, 0.3) is 0 Å². The van der Waals surface area contributed by atoms with E-state index in [4.69, 9.17) is 5.14 Å². The first-order valence-corrected chi connectivity index (χ1v) is 11.4. The maximum Gasteiger partial charge on any atom is 0.215 e. The zero-order valence-electron chi connectivity index (χ0n) is 16.1. The molecular weight excluding hydrogens is 375 g/mol. The largest absolute Gasteiger partial charge is 0.316 e. The van der Waals surface area contributed by atoms with Crippen LogP contribution in [-0.2, 0) is 29.3 Å². The Morgan fingerprint density at radius 3 is 2.50 bits per heavy atom. The molecule has 2 aromatic carbocycles. The average Bonchev–Trinajstić information content (AvgIpc) is 2.94. The van der Waals surface area contributed by atoms with Gasteiger partial charge >= 0.3 is 0 Å². The first kappa shape index (κ1) is 19.6. The molecule has 2 atom stereocenters. The Kier molecular flexibility index (Phi) is 5.06. The van der Waals surface area contributed by atoms with E-state index in [9.17, 15) is 12.8 Å². The normalized spacial score (nSPS) is 23.2. The van der Waals surface area contributed by atoms with Crippen molar-refractivity contribution in [3.05, 3.63) is 70.5 Å². The zero-order chi connectivity index (χ0) is 19.9. The third kappa shape index (κ3) is 3.38. The fraction of sp³-hybridized carbons (Fsp3) is 0.455. The maximum absolute atomic E-state index is 14.9. The van der Waals surface area contributed by atoms with Crippen molar-refractivity contribution in [3.8, 4) is 0 Å². The number of hydrogen-bond acceptors (Lipinski definition) is 3. The predicted molar refractivity (Wildman–Crippen MR) is 109 cm³/mol. The Hall–Kier alpha value is -1.76. The molecule has 0 spiro atoms. The first-order valence-electron chi connectivity index (χ1n) is 9.88. The van der Waals surface area contributed by atoms with E-state index >= 15 is 0 Å². The summed E-state index contributed by atoms with van der Waals surface area (Å²) in [5.74, 6) is -0.0857. The molecule has 2 unspecified atom stereocenters. The summed E-state index contributed by atoms with van der Waals surface area (Å²) in [4.78, 5) is 0. The predicted octanol–water partition coefficient (Wildman–Crippen LogP) is 3.05. The standard InChI is InChI=1S/C22H27FN2O2S/c1-25-21-13-16-12-20(23)17(14-22(8-5-9-22)28(24,26)27)11-18(16)19(21)10-15-6-3-2-4-7-15/h2-4,6-7,11-12,19,21,25H,5,8-10,13-14H2,1H3,(H2,24,26,27). The Morgan fingerprint density at radius 2 is 1.93 bits per heavy atom. The molecule has 2 aliphatic rings. The van der Waals surface area contributed by atoms with Crippen LogP contribution in [0.2, 0.25) is 0 Å². The van der Waals surface area contributed by atoms with Gasteiger partial charge in [-0.1, -0.05) is 42.8 Å². The van der Waals surface area contributed by atoms with Crippen LogP contribution in [0.3, 0.4) is 0 Å². The molecule has 28 heavy (non-hydrogen) atoms. The molecule has 4 nitrogen and oxygen atoms in total. The molecule has 4 rings (SSSR count). The number of rotatable bonds is 6. The Bertz CT molecular complexity index is 972. The van der Waals surface area contributed by atoms with E-state index in [1.807, 2.05) is 31.3 Å². The van der Waals surface area contributed by atoms with Gasteiger partial charge in [-0.2, -0.15) is 0 Å². The molecule has 3 N–H and O–H groups in total. The van der Waals surface area contributed by atoms with E-state index in [1.54, 1.807) is 6.07 Å². The number of nitrogens with two attached hydrogens (primary N) is 1. The molecule has 2 aromatic rings. The van der Waals surface area contributed by atoms with Gasteiger partial charge in [0.1, 0.15) is 5.82 Å². The monoisotopic (exact) mass is 402 g/mol. The van der Waals surface area contributed by atoms with Gasteiger partial charge in [0, 0.05) is 12.0 Å². The molecule has 150 valence electrons. The Balaban J connectivity index is 1.69. The highest BCUT2D eigenvalue weighted by molar-refractivity contribution is 7.90. The second kappa shape index (κ2) is 7.25. The zero-order valence-corrected chi connectivity index (χ0v) is 16.9. The highest BCUT2D eigenvalue weighted by Gasteiger charge is 2.47. The van der Waals surface area contributed by atoms with Crippen molar-refractivity contribution in [2.75, 3.05) is 7.05 Å². The number of fused-ring (bicyclic) bond motifs is 1. The number of sulfonamides is 1.